The van der Waals surface area contributed by atoms with Crippen LogP contribution in [0.25, 0.3) is 0 Å². The van der Waals surface area contributed by atoms with E-state index >= 15 is 0 Å². The second-order valence-corrected chi connectivity index (χ2v) is 10.4. The maximum Gasteiger partial charge on any atom is 0.490 e. The molecule has 1 aromatic carbocycles. The van der Waals surface area contributed by atoms with E-state index in [2.05, 4.69) is 31.2 Å². The maximum absolute atomic E-state index is 13.5. The van der Waals surface area contributed by atoms with E-state index in [0.717, 1.165) is 51.0 Å². The number of anilines is 2. The number of aromatic nitrogens is 2. The van der Waals surface area contributed by atoms with Gasteiger partial charge in [0.25, 0.3) is 11.8 Å². The Morgan fingerprint density at radius 1 is 0.932 bits per heavy atom. The topological polar surface area (TPSA) is 155 Å². The highest BCUT2D eigenvalue weighted by molar-refractivity contribution is 6.30. The summed E-state index contributed by atoms with van der Waals surface area (Å²) in [6.45, 7) is 3.66. The Morgan fingerprint density at radius 3 is 2.27 bits per heavy atom. The molecule has 2 aliphatic heterocycles. The van der Waals surface area contributed by atoms with E-state index in [1.165, 1.54) is 18.6 Å². The van der Waals surface area contributed by atoms with Crippen molar-refractivity contribution < 1.29 is 37.4 Å². The molecular formula is C29H30ClF3N6O5. The summed E-state index contributed by atoms with van der Waals surface area (Å²) in [7, 11) is 0. The Kier molecular flexibility index (Phi) is 11.1. The molecule has 44 heavy (non-hydrogen) atoms. The van der Waals surface area contributed by atoms with Crippen molar-refractivity contribution in [1.29, 1.82) is 0 Å². The number of aliphatic carboxylic acids is 1. The van der Waals surface area contributed by atoms with Crippen LogP contribution in [0.5, 0.6) is 5.75 Å². The monoisotopic (exact) mass is 634 g/mol. The van der Waals surface area contributed by atoms with Gasteiger partial charge in [0.1, 0.15) is 17.7 Å². The third kappa shape index (κ3) is 9.11. The fraction of sp³-hybridized carbons (Fsp3) is 0.345. The van der Waals surface area contributed by atoms with Crippen LogP contribution >= 0.6 is 11.6 Å². The highest BCUT2D eigenvalue weighted by Gasteiger charge is 2.38. The van der Waals surface area contributed by atoms with Crippen LogP contribution in [-0.4, -0.2) is 71.3 Å². The Bertz CT molecular complexity index is 1460. The van der Waals surface area contributed by atoms with E-state index < -0.39 is 18.1 Å². The van der Waals surface area contributed by atoms with Gasteiger partial charge in [0.2, 0.25) is 0 Å². The first-order chi connectivity index (χ1) is 21.0. The van der Waals surface area contributed by atoms with E-state index in [1.807, 2.05) is 18.2 Å². The Morgan fingerprint density at radius 2 is 1.64 bits per heavy atom. The number of alkyl halides is 3. The summed E-state index contributed by atoms with van der Waals surface area (Å²) < 4.78 is 38.1. The average molecular weight is 635 g/mol. The zero-order chi connectivity index (χ0) is 31.7. The maximum atomic E-state index is 13.5. The van der Waals surface area contributed by atoms with E-state index in [1.54, 1.807) is 18.2 Å². The van der Waals surface area contributed by atoms with Crippen molar-refractivity contribution in [2.24, 2.45) is 0 Å². The van der Waals surface area contributed by atoms with Gasteiger partial charge in [-0.3, -0.25) is 14.6 Å². The lowest BCUT2D eigenvalue weighted by molar-refractivity contribution is -0.192. The quantitative estimate of drug-likeness (QED) is 0.253. The number of carboxylic acids is 1. The number of rotatable bonds is 7. The lowest BCUT2D eigenvalue weighted by atomic mass is 9.96. The molecule has 0 aliphatic carbocycles. The first-order valence-electron chi connectivity index (χ1n) is 13.7. The van der Waals surface area contributed by atoms with E-state index in [4.69, 9.17) is 26.2 Å². The van der Waals surface area contributed by atoms with Crippen molar-refractivity contribution in [3.05, 3.63) is 76.7 Å². The van der Waals surface area contributed by atoms with E-state index in [9.17, 15) is 22.8 Å². The van der Waals surface area contributed by atoms with E-state index in [0.29, 0.717) is 28.1 Å². The molecule has 0 bridgehead atoms. The molecule has 15 heteroatoms. The molecule has 0 radical (unpaired) electrons. The van der Waals surface area contributed by atoms with Crippen LogP contribution < -0.4 is 26.0 Å². The number of halogens is 4. The average Bonchev–Trinajstić information content (AvgIpc) is 3.54. The number of piperidine rings is 1. The molecule has 4 heterocycles. The summed E-state index contributed by atoms with van der Waals surface area (Å²) in [5, 5.41) is 19.9. The number of nitrogens with zero attached hydrogens (tertiary/aromatic N) is 2. The molecule has 2 fully saturated rings. The summed E-state index contributed by atoms with van der Waals surface area (Å²) in [6.07, 6.45) is 2.15. The Hall–Kier alpha value is -4.27. The summed E-state index contributed by atoms with van der Waals surface area (Å²) >= 11 is 5.88. The van der Waals surface area contributed by atoms with Crippen molar-refractivity contribution >= 4 is 40.9 Å². The van der Waals surface area contributed by atoms with Crippen LogP contribution in [0.4, 0.5) is 24.7 Å². The summed E-state index contributed by atoms with van der Waals surface area (Å²) in [5.74, 6) is -2.25. The number of ether oxygens (including phenoxy) is 1. The SMILES string of the molecule is O=C(Nc1ccc(Cl)cn1)c1ccncc1NC(=O)c1ccc(C2CCNC2)cc1OC1CCNCC1.O=C(O)C(F)(F)F. The third-order valence-corrected chi connectivity index (χ3v) is 7.11. The summed E-state index contributed by atoms with van der Waals surface area (Å²) in [5.41, 5.74) is 2.12. The van der Waals surface area contributed by atoms with Gasteiger partial charge < -0.3 is 31.1 Å². The van der Waals surface area contributed by atoms with Crippen LogP contribution in [0.1, 0.15) is 51.5 Å². The van der Waals surface area contributed by atoms with Gasteiger partial charge in [0, 0.05) is 18.9 Å². The number of nitrogens with one attached hydrogen (secondary N) is 4. The van der Waals surface area contributed by atoms with Gasteiger partial charge in [0.05, 0.1) is 28.0 Å². The first-order valence-corrected chi connectivity index (χ1v) is 14.1. The lowest BCUT2D eigenvalue weighted by Gasteiger charge is -2.25. The van der Waals surface area contributed by atoms with E-state index in [-0.39, 0.29) is 23.3 Å². The number of benzene rings is 1. The van der Waals surface area contributed by atoms with Crippen LogP contribution in [0, 0.1) is 0 Å². The number of hydrogen-bond donors (Lipinski definition) is 5. The molecule has 2 aromatic heterocycles. The molecule has 0 saturated carbocycles. The zero-order valence-corrected chi connectivity index (χ0v) is 24.0. The van der Waals surface area contributed by atoms with Gasteiger partial charge in [0.15, 0.2) is 0 Å². The minimum absolute atomic E-state index is 0.0383. The number of pyridine rings is 2. The molecule has 11 nitrogen and oxygen atoms in total. The molecule has 2 amide bonds. The largest absolute Gasteiger partial charge is 0.490 e. The molecule has 2 saturated heterocycles. The Balaban J connectivity index is 0.000000566. The minimum Gasteiger partial charge on any atom is -0.489 e. The predicted octanol–water partition coefficient (Wildman–Crippen LogP) is 4.48. The zero-order valence-electron chi connectivity index (χ0n) is 23.3. The number of carboxylic acid groups (broad SMARTS) is 1. The molecule has 1 unspecified atom stereocenters. The minimum atomic E-state index is -5.08. The lowest BCUT2D eigenvalue weighted by Crippen LogP contribution is -2.34. The number of carbonyl (C=O) groups excluding carboxylic acids is 2. The summed E-state index contributed by atoms with van der Waals surface area (Å²) in [6, 6.07) is 10.6. The number of amides is 2. The molecular weight excluding hydrogens is 605 g/mol. The van der Waals surface area contributed by atoms with Gasteiger partial charge in [-0.1, -0.05) is 17.7 Å². The fourth-order valence-corrected chi connectivity index (χ4v) is 4.74. The normalized spacial score (nSPS) is 16.8. The predicted molar refractivity (Wildman–Crippen MR) is 156 cm³/mol. The molecule has 1 atom stereocenters. The highest BCUT2D eigenvalue weighted by Crippen LogP contribution is 2.31. The fourth-order valence-electron chi connectivity index (χ4n) is 4.63. The first kappa shape index (κ1) is 32.6. The molecule has 234 valence electrons. The van der Waals surface area contributed by atoms with Crippen LogP contribution in [-0.2, 0) is 4.79 Å². The van der Waals surface area contributed by atoms with Crippen LogP contribution in [0.15, 0.2) is 55.0 Å². The molecule has 0 spiro atoms. The van der Waals surface area contributed by atoms with Gasteiger partial charge in [-0.2, -0.15) is 13.2 Å². The van der Waals surface area contributed by atoms with Crippen LogP contribution in [0.3, 0.4) is 0 Å². The van der Waals surface area contributed by atoms with Crippen molar-refractivity contribution in [3.8, 4) is 5.75 Å². The smallest absolute Gasteiger partial charge is 0.489 e. The third-order valence-electron chi connectivity index (χ3n) is 6.89. The van der Waals surface area contributed by atoms with Crippen LogP contribution in [0.2, 0.25) is 5.02 Å². The van der Waals surface area contributed by atoms with Gasteiger partial charge >= 0.3 is 12.1 Å². The highest BCUT2D eigenvalue weighted by atomic mass is 35.5. The van der Waals surface area contributed by atoms with Crippen molar-refractivity contribution in [3.63, 3.8) is 0 Å². The molecule has 2 aliphatic rings. The second kappa shape index (κ2) is 14.9. The Labute approximate surface area is 255 Å². The van der Waals surface area contributed by atoms with Gasteiger partial charge in [-0.25, -0.2) is 9.78 Å². The van der Waals surface area contributed by atoms with Crippen molar-refractivity contribution in [2.75, 3.05) is 36.8 Å². The van der Waals surface area contributed by atoms with Crippen molar-refractivity contribution in [2.45, 2.75) is 37.5 Å². The van der Waals surface area contributed by atoms with Gasteiger partial charge in [-0.15, -0.1) is 0 Å². The molecule has 5 N–H and O–H groups in total. The standard InChI is InChI=1S/C27H29ClN6O3.C2HF3O2/c28-19-2-4-25(32-15-19)34-26(35)21-8-12-31-16-23(21)33-27(36)22-3-1-17(18-5-9-30-14-18)13-24(22)37-20-6-10-29-11-7-20;3-2(4,5)1(6)7/h1-4,8,12-13,15-16,18,20,29-30H,5-7,9-11,14H2,(H,33,36)(H,32,34,35);(H,6,7). The van der Waals surface area contributed by atoms with Gasteiger partial charge in [-0.05, 0) is 80.7 Å². The number of carbonyl (C=O) groups is 3. The molecule has 5 rings (SSSR count). The number of hydrogen-bond acceptors (Lipinski definition) is 8. The second-order valence-electron chi connectivity index (χ2n) is 10.0. The summed E-state index contributed by atoms with van der Waals surface area (Å²) in [4.78, 5) is 43.5. The van der Waals surface area contributed by atoms with Crippen molar-refractivity contribution in [1.82, 2.24) is 20.6 Å². The molecule has 3 aromatic rings.